The zero-order valence-electron chi connectivity index (χ0n) is 37.1. The van der Waals surface area contributed by atoms with Crippen LogP contribution in [0.2, 0.25) is 0 Å². The number of esters is 2. The number of hydrogen-bond acceptors (Lipinski definition) is 8. The van der Waals surface area contributed by atoms with E-state index >= 15 is 0 Å². The minimum absolute atomic E-state index is 0.0782. The van der Waals surface area contributed by atoms with Gasteiger partial charge in [-0.05, 0) is 124 Å². The van der Waals surface area contributed by atoms with Crippen molar-refractivity contribution in [2.45, 2.75) is 219 Å². The van der Waals surface area contributed by atoms with Crippen molar-refractivity contribution < 1.29 is 28.6 Å². The van der Waals surface area contributed by atoms with Crippen LogP contribution in [0.5, 0.6) is 0 Å². The second-order valence-corrected chi connectivity index (χ2v) is 16.4. The van der Waals surface area contributed by atoms with Gasteiger partial charge >= 0.3 is 18.0 Å². The molecule has 0 bridgehead atoms. The number of rotatable bonds is 42. The molecule has 9 nitrogen and oxygen atoms in total. The van der Waals surface area contributed by atoms with Crippen molar-refractivity contribution in [1.82, 2.24) is 15.1 Å². The normalized spacial score (nSPS) is 11.5. The molecule has 0 rings (SSSR count). The van der Waals surface area contributed by atoms with Crippen LogP contribution < -0.4 is 5.32 Å². The average molecular weight is 782 g/mol. The van der Waals surface area contributed by atoms with Crippen LogP contribution in [0.25, 0.3) is 0 Å². The Hall–Kier alpha value is -1.87. The van der Waals surface area contributed by atoms with Gasteiger partial charge in [0.05, 0.1) is 13.2 Å². The van der Waals surface area contributed by atoms with Crippen LogP contribution in [0.1, 0.15) is 213 Å². The molecule has 0 aliphatic heterocycles. The molecule has 0 radical (unpaired) electrons. The van der Waals surface area contributed by atoms with E-state index in [0.717, 1.165) is 103 Å². The number of ether oxygens (including phenoxy) is 3. The van der Waals surface area contributed by atoms with E-state index in [0.29, 0.717) is 32.6 Å². The van der Waals surface area contributed by atoms with E-state index in [2.05, 4.69) is 50.1 Å². The van der Waals surface area contributed by atoms with Gasteiger partial charge < -0.3 is 29.3 Å². The van der Waals surface area contributed by atoms with Gasteiger partial charge in [-0.1, -0.05) is 117 Å². The van der Waals surface area contributed by atoms with Crippen LogP contribution in [0.3, 0.4) is 0 Å². The maximum absolute atomic E-state index is 12.7. The topological polar surface area (TPSA) is 97.4 Å². The molecule has 1 amide bonds. The molecule has 0 aromatic rings. The van der Waals surface area contributed by atoms with E-state index in [1.807, 2.05) is 0 Å². The molecule has 0 aromatic carbocycles. The molecule has 0 atom stereocenters. The molecule has 0 aliphatic rings. The van der Waals surface area contributed by atoms with E-state index in [4.69, 9.17) is 14.2 Å². The first-order valence-electron chi connectivity index (χ1n) is 23.4. The Bertz CT molecular complexity index is 812. The Balaban J connectivity index is 4.31. The minimum Gasteiger partial charge on any atom is -0.466 e. The molecule has 1 N–H and O–H groups in total. The molecule has 0 aromatic heterocycles. The molecule has 326 valence electrons. The summed E-state index contributed by atoms with van der Waals surface area (Å²) < 4.78 is 16.9. The number of carbonyl (C=O) groups excluding carboxylic acids is 3. The van der Waals surface area contributed by atoms with Crippen molar-refractivity contribution >= 4 is 18.0 Å². The Morgan fingerprint density at radius 3 is 1.33 bits per heavy atom. The SMILES string of the molecule is CCCCCCCCCCCC(=O)OCCCCCC(CCCCCOC(=O)CCCCCCCCCCC)OC(=O)NCCCN(C)CCCCN(C)C. The first-order chi connectivity index (χ1) is 26.8. The van der Waals surface area contributed by atoms with Crippen LogP contribution in [0, 0.1) is 0 Å². The zero-order valence-corrected chi connectivity index (χ0v) is 37.1. The van der Waals surface area contributed by atoms with E-state index in [9.17, 15) is 14.4 Å². The standard InChI is InChI=1S/C46H91N3O6/c1-6-8-10-12-14-16-18-20-26-35-44(50)53-41-30-22-24-33-43(55-46(52)47-37-32-40-49(5)39-29-28-38-48(3)4)34-25-23-31-42-54-45(51)36-27-21-19-17-15-13-11-9-7-2/h43H,6-42H2,1-5H3,(H,47,52). The fraction of sp³-hybridized carbons (Fsp3) is 0.935. The number of unbranched alkanes of at least 4 members (excludes halogenated alkanes) is 21. The van der Waals surface area contributed by atoms with Gasteiger partial charge in [0, 0.05) is 19.4 Å². The molecule has 0 saturated heterocycles. The largest absolute Gasteiger partial charge is 0.466 e. The smallest absolute Gasteiger partial charge is 0.407 e. The summed E-state index contributed by atoms with van der Waals surface area (Å²) >= 11 is 0. The lowest BCUT2D eigenvalue weighted by atomic mass is 10.0. The van der Waals surface area contributed by atoms with E-state index in [1.165, 1.54) is 103 Å². The number of alkyl carbamates (subject to hydrolysis) is 1. The predicted octanol–water partition coefficient (Wildman–Crippen LogP) is 11.8. The number of carbonyl (C=O) groups is 3. The molecular formula is C46H91N3O6. The van der Waals surface area contributed by atoms with Crippen LogP contribution in [-0.2, 0) is 23.8 Å². The second kappa shape index (κ2) is 41.8. The lowest BCUT2D eigenvalue weighted by molar-refractivity contribution is -0.144. The third-order valence-corrected chi connectivity index (χ3v) is 10.5. The average Bonchev–Trinajstić information content (AvgIpc) is 3.16. The van der Waals surface area contributed by atoms with Crippen molar-refractivity contribution in [3.8, 4) is 0 Å². The summed E-state index contributed by atoms with van der Waals surface area (Å²) in [5.74, 6) is -0.156. The summed E-state index contributed by atoms with van der Waals surface area (Å²) in [7, 11) is 6.36. The third-order valence-electron chi connectivity index (χ3n) is 10.5. The molecule has 0 spiro atoms. The molecule has 55 heavy (non-hydrogen) atoms. The summed E-state index contributed by atoms with van der Waals surface area (Å²) in [5, 5.41) is 2.96. The third kappa shape index (κ3) is 41.6. The van der Waals surface area contributed by atoms with Gasteiger partial charge in [0.2, 0.25) is 0 Å². The molecule has 0 unspecified atom stereocenters. The highest BCUT2D eigenvalue weighted by atomic mass is 16.6. The van der Waals surface area contributed by atoms with Crippen LogP contribution in [-0.4, -0.2) is 94.5 Å². The lowest BCUT2D eigenvalue weighted by Crippen LogP contribution is -2.32. The Morgan fingerprint density at radius 1 is 0.473 bits per heavy atom. The van der Waals surface area contributed by atoms with Gasteiger partial charge in [-0.2, -0.15) is 0 Å². The van der Waals surface area contributed by atoms with Gasteiger partial charge in [-0.25, -0.2) is 4.79 Å². The van der Waals surface area contributed by atoms with Gasteiger partial charge in [-0.15, -0.1) is 0 Å². The first kappa shape index (κ1) is 53.1. The Morgan fingerprint density at radius 2 is 0.873 bits per heavy atom. The van der Waals surface area contributed by atoms with Crippen LogP contribution >= 0.6 is 0 Å². The Kier molecular flexibility index (Phi) is 40.3. The fourth-order valence-electron chi connectivity index (χ4n) is 6.89. The van der Waals surface area contributed by atoms with Crippen molar-refractivity contribution in [3.63, 3.8) is 0 Å². The summed E-state index contributed by atoms with van der Waals surface area (Å²) in [6.07, 6.45) is 33.0. The maximum atomic E-state index is 12.7. The van der Waals surface area contributed by atoms with Gasteiger partial charge in [0.1, 0.15) is 6.10 Å². The van der Waals surface area contributed by atoms with E-state index < -0.39 is 0 Å². The molecule has 0 heterocycles. The van der Waals surface area contributed by atoms with E-state index in [-0.39, 0.29) is 24.1 Å². The highest BCUT2D eigenvalue weighted by Crippen LogP contribution is 2.16. The molecule has 0 fully saturated rings. The fourth-order valence-corrected chi connectivity index (χ4v) is 6.89. The first-order valence-corrected chi connectivity index (χ1v) is 23.4. The van der Waals surface area contributed by atoms with Crippen molar-refractivity contribution in [1.29, 1.82) is 0 Å². The minimum atomic E-state index is -0.338. The summed E-state index contributed by atoms with van der Waals surface area (Å²) in [4.78, 5) is 41.6. The Labute approximate surface area is 340 Å². The molecule has 9 heteroatoms. The molecular weight excluding hydrogens is 691 g/mol. The monoisotopic (exact) mass is 782 g/mol. The summed E-state index contributed by atoms with van der Waals surface area (Å²) in [6, 6.07) is 0. The van der Waals surface area contributed by atoms with Crippen molar-refractivity contribution in [2.75, 3.05) is 60.5 Å². The zero-order chi connectivity index (χ0) is 40.5. The number of nitrogens with zero attached hydrogens (tertiary/aromatic N) is 2. The lowest BCUT2D eigenvalue weighted by Gasteiger charge is -2.19. The van der Waals surface area contributed by atoms with Crippen molar-refractivity contribution in [2.24, 2.45) is 0 Å². The van der Waals surface area contributed by atoms with Gasteiger partial charge in [0.25, 0.3) is 0 Å². The highest BCUT2D eigenvalue weighted by molar-refractivity contribution is 5.69. The van der Waals surface area contributed by atoms with E-state index in [1.54, 1.807) is 0 Å². The maximum Gasteiger partial charge on any atom is 0.407 e. The quantitative estimate of drug-likeness (QED) is 0.0371. The van der Waals surface area contributed by atoms with Crippen LogP contribution in [0.15, 0.2) is 0 Å². The molecule has 0 saturated carbocycles. The van der Waals surface area contributed by atoms with Gasteiger partial charge in [0.15, 0.2) is 0 Å². The second-order valence-electron chi connectivity index (χ2n) is 16.4. The highest BCUT2D eigenvalue weighted by Gasteiger charge is 2.15. The summed E-state index contributed by atoms with van der Waals surface area (Å²) in [6.45, 7) is 9.14. The number of amides is 1. The number of nitrogens with one attached hydrogen (secondary N) is 1. The van der Waals surface area contributed by atoms with Crippen LogP contribution in [0.4, 0.5) is 4.79 Å². The van der Waals surface area contributed by atoms with Gasteiger partial charge in [-0.3, -0.25) is 9.59 Å². The number of hydrogen-bond donors (Lipinski definition) is 1. The summed E-state index contributed by atoms with van der Waals surface area (Å²) in [5.41, 5.74) is 0. The predicted molar refractivity (Wildman–Crippen MR) is 231 cm³/mol. The van der Waals surface area contributed by atoms with Crippen molar-refractivity contribution in [3.05, 3.63) is 0 Å². The molecule has 0 aliphatic carbocycles.